The van der Waals surface area contributed by atoms with Crippen molar-refractivity contribution in [2.24, 2.45) is 0 Å². The third-order valence-corrected chi connectivity index (χ3v) is 0.183. The summed E-state index contributed by atoms with van der Waals surface area (Å²) >= 11 is 0. The summed E-state index contributed by atoms with van der Waals surface area (Å²) in [5.41, 5.74) is 0. The minimum absolute atomic E-state index is 0. The molecule has 0 amide bonds. The van der Waals surface area contributed by atoms with Crippen LogP contribution in [0, 0.1) is 0 Å². The predicted molar refractivity (Wildman–Crippen MR) is 50.6 cm³/mol. The van der Waals surface area contributed by atoms with Crippen molar-refractivity contribution in [2.45, 2.75) is 0 Å². The van der Waals surface area contributed by atoms with Crippen LogP contribution in [0.4, 0.5) is 0 Å². The maximum Gasteiger partial charge on any atom is 0.261 e. The second-order valence-corrected chi connectivity index (χ2v) is 4.95. The van der Waals surface area contributed by atoms with Crippen molar-refractivity contribution in [1.82, 2.24) is 0 Å². The van der Waals surface area contributed by atoms with Crippen LogP contribution in [0.25, 0.3) is 0 Å². The number of aliphatic hydroxyl groups excluding tert-OH is 1. The fourth-order valence-corrected chi connectivity index (χ4v) is 0.0408. The Morgan fingerprint density at radius 1 is 1.00 bits per heavy atom. The minimum Gasteiger partial charge on any atom is -0.394 e. The Morgan fingerprint density at radius 2 is 1.20 bits per heavy atom. The fraction of sp³-hybridized carbons (Fsp3) is 1.00. The van der Waals surface area contributed by atoms with E-state index in [1.165, 1.54) is 0 Å². The van der Waals surface area contributed by atoms with Crippen LogP contribution in [0.15, 0.2) is 0 Å². The van der Waals surface area contributed by atoms with Crippen LogP contribution < -0.4 is 0 Å². The van der Waals surface area contributed by atoms with Crippen LogP contribution in [-0.2, 0) is 25.1 Å². The van der Waals surface area contributed by atoms with E-state index in [2.05, 4.69) is 4.89 Å². The highest BCUT2D eigenvalue weighted by molar-refractivity contribution is 7.85. The van der Waals surface area contributed by atoms with E-state index in [0.717, 1.165) is 0 Å². The van der Waals surface area contributed by atoms with Crippen LogP contribution in [0.2, 0.25) is 0 Å². The Kier molecular flexibility index (Phi) is 13.7. The van der Waals surface area contributed by atoms with Crippen molar-refractivity contribution in [3.8, 4) is 0 Å². The molecule has 0 saturated carbocycles. The highest BCUT2D eigenvalue weighted by Crippen LogP contribution is 1.61. The Balaban J connectivity index is -0.000000144. The van der Waals surface area contributed by atoms with E-state index in [1.54, 1.807) is 0 Å². The lowest BCUT2D eigenvalue weighted by Gasteiger charge is -1.81. The highest BCUT2D eigenvalue weighted by Gasteiger charge is 1.82. The number of hydrogen-bond acceptors (Lipinski definition) is 7. The monoisotopic (exact) mass is 270 g/mol. The second kappa shape index (κ2) is 10.2. The van der Waals surface area contributed by atoms with E-state index in [9.17, 15) is 16.8 Å². The van der Waals surface area contributed by atoms with Gasteiger partial charge in [0.2, 0.25) is 0 Å². The van der Waals surface area contributed by atoms with Gasteiger partial charge in [-0.05, 0) is 0 Å². The summed E-state index contributed by atoms with van der Waals surface area (Å²) in [5.74, 6) is 0. The maximum absolute atomic E-state index is 9.19. The van der Waals surface area contributed by atoms with E-state index >= 15 is 0 Å². The number of aliphatic hydroxyl groups is 1. The van der Waals surface area contributed by atoms with Gasteiger partial charge in [0.15, 0.2) is 0 Å². The zero-order valence-corrected chi connectivity index (χ0v) is 9.69. The first-order chi connectivity index (χ1) is 6.41. The first-order valence-corrected chi connectivity index (χ1v) is 6.83. The topological polar surface area (TPSA) is 158 Å². The molecule has 0 aliphatic rings. The van der Waals surface area contributed by atoms with Crippen LogP contribution in [0.3, 0.4) is 0 Å². The van der Waals surface area contributed by atoms with E-state index in [-0.39, 0.29) is 13.2 Å². The Hall–Kier alpha value is -0.300. The zero-order chi connectivity index (χ0) is 13.1. The van der Waals surface area contributed by atoms with Gasteiger partial charge in [0.25, 0.3) is 20.2 Å². The molecule has 9 nitrogen and oxygen atoms in total. The first kappa shape index (κ1) is 20.2. The molecule has 0 bridgehead atoms. The lowest BCUT2D eigenvalue weighted by atomic mass is 10.8. The molecule has 96 valence electrons. The van der Waals surface area contributed by atoms with Gasteiger partial charge in [-0.15, -0.1) is 0 Å². The van der Waals surface area contributed by atoms with Gasteiger partial charge in [-0.1, -0.05) is 0 Å². The summed E-state index contributed by atoms with van der Waals surface area (Å²) < 4.78 is 51.7. The molecule has 0 saturated heterocycles. The molecule has 0 aromatic heterocycles. The maximum atomic E-state index is 9.19. The zero-order valence-electron chi connectivity index (χ0n) is 8.06. The van der Waals surface area contributed by atoms with E-state index in [1.807, 2.05) is 0 Å². The molecule has 0 aliphatic carbocycles. The summed E-state index contributed by atoms with van der Waals surface area (Å²) in [4.78, 5) is 3.44. The molecule has 0 radical (unpaired) electrons. The van der Waals surface area contributed by atoms with Crippen molar-refractivity contribution in [2.75, 3.05) is 25.7 Å². The van der Waals surface area contributed by atoms with Crippen molar-refractivity contribution in [3.63, 3.8) is 0 Å². The Bertz CT molecular complexity index is 253. The van der Waals surface area contributed by atoms with Crippen molar-refractivity contribution < 1.29 is 41.2 Å². The molecule has 15 heavy (non-hydrogen) atoms. The summed E-state index contributed by atoms with van der Waals surface area (Å²) in [7, 11) is -7.33. The summed E-state index contributed by atoms with van der Waals surface area (Å²) in [6.45, 7) is -0.128. The molecule has 0 heterocycles. The second-order valence-electron chi connectivity index (χ2n) is 2.02. The average molecular weight is 270 g/mol. The standard InChI is InChI=1S/C2H6O3.2CH4O3S/c3-1-2-5-4;2*1-5(2,3)4/h3-4H,1-2H2;2*1H3,(H,2,3,4). The lowest BCUT2D eigenvalue weighted by molar-refractivity contribution is -0.246. The summed E-state index contributed by atoms with van der Waals surface area (Å²) in [6, 6.07) is 0. The van der Waals surface area contributed by atoms with E-state index in [4.69, 9.17) is 19.5 Å². The smallest absolute Gasteiger partial charge is 0.261 e. The van der Waals surface area contributed by atoms with Gasteiger partial charge in [-0.25, -0.2) is 4.89 Å². The SMILES string of the molecule is CS(=O)(=O)O.CS(=O)(=O)O.OCCOO. The average Bonchev–Trinajstić information content (AvgIpc) is 1.80. The highest BCUT2D eigenvalue weighted by atomic mass is 32.2. The van der Waals surface area contributed by atoms with Gasteiger partial charge >= 0.3 is 0 Å². The third-order valence-electron chi connectivity index (χ3n) is 0.183. The molecule has 4 N–H and O–H groups in total. The predicted octanol–water partition coefficient (Wildman–Crippen LogP) is -1.52. The first-order valence-electron chi connectivity index (χ1n) is 3.14. The van der Waals surface area contributed by atoms with Gasteiger partial charge in [-0.3, -0.25) is 14.4 Å². The number of hydrogen-bond donors (Lipinski definition) is 4. The Labute approximate surface area is 87.7 Å². The van der Waals surface area contributed by atoms with Gasteiger partial charge < -0.3 is 5.11 Å². The largest absolute Gasteiger partial charge is 0.394 e. The van der Waals surface area contributed by atoms with E-state index < -0.39 is 20.2 Å². The molecule has 0 fully saturated rings. The van der Waals surface area contributed by atoms with Crippen LogP contribution in [0.1, 0.15) is 0 Å². The lowest BCUT2D eigenvalue weighted by Crippen LogP contribution is -1.92. The molecule has 11 heteroatoms. The van der Waals surface area contributed by atoms with Gasteiger partial charge in [0.1, 0.15) is 6.61 Å². The van der Waals surface area contributed by atoms with Crippen molar-refractivity contribution in [1.29, 1.82) is 0 Å². The number of rotatable bonds is 2. The molecule has 0 spiro atoms. The summed E-state index contributed by atoms with van der Waals surface area (Å²) in [5, 5.41) is 15.2. The molecule has 0 aromatic carbocycles. The molecule has 0 rings (SSSR count). The fourth-order valence-electron chi connectivity index (χ4n) is 0.0408. The van der Waals surface area contributed by atoms with Crippen LogP contribution in [-0.4, -0.2) is 62.0 Å². The molecule has 0 aromatic rings. The van der Waals surface area contributed by atoms with Gasteiger partial charge in [0, 0.05) is 0 Å². The minimum atomic E-state index is -3.67. The normalized spacial score (nSPS) is 10.5. The third kappa shape index (κ3) is 649. The molecular weight excluding hydrogens is 256 g/mol. The van der Waals surface area contributed by atoms with Crippen LogP contribution in [0.5, 0.6) is 0 Å². The van der Waals surface area contributed by atoms with Crippen LogP contribution >= 0.6 is 0 Å². The molecule has 0 unspecified atom stereocenters. The van der Waals surface area contributed by atoms with Gasteiger partial charge in [0.05, 0.1) is 19.1 Å². The molecule has 0 atom stereocenters. The Morgan fingerprint density at radius 3 is 1.20 bits per heavy atom. The van der Waals surface area contributed by atoms with E-state index in [0.29, 0.717) is 12.5 Å². The summed E-state index contributed by atoms with van der Waals surface area (Å²) in [6.07, 6.45) is 1.43. The quantitative estimate of drug-likeness (QED) is 0.265. The van der Waals surface area contributed by atoms with Crippen molar-refractivity contribution >= 4 is 20.2 Å². The molecule has 0 aliphatic heterocycles. The van der Waals surface area contributed by atoms with Crippen molar-refractivity contribution in [3.05, 3.63) is 0 Å². The van der Waals surface area contributed by atoms with Gasteiger partial charge in [-0.2, -0.15) is 16.8 Å². The molecular formula is C4H14O9S2.